The molecule has 0 amide bonds. The van der Waals surface area contributed by atoms with E-state index in [1.165, 1.54) is 61.2 Å². The third kappa shape index (κ3) is 3.48. The molecule has 0 saturated carbocycles. The Balaban J connectivity index is 1.62. The second-order valence-electron chi connectivity index (χ2n) is 14.4. The summed E-state index contributed by atoms with van der Waals surface area (Å²) < 4.78 is 0. The summed E-state index contributed by atoms with van der Waals surface area (Å²) in [5, 5.41) is 0. The molecule has 1 radical (unpaired) electrons. The van der Waals surface area contributed by atoms with Crippen LogP contribution in [-0.2, 0) is 5.41 Å². The predicted octanol–water partition coefficient (Wildman–Crippen LogP) is 10.9. The van der Waals surface area contributed by atoms with Crippen LogP contribution in [0.4, 0.5) is 0 Å². The maximum absolute atomic E-state index is 2.49. The van der Waals surface area contributed by atoms with Crippen LogP contribution in [0.25, 0.3) is 16.7 Å². The Hall–Kier alpha value is -3.64. The van der Waals surface area contributed by atoms with Gasteiger partial charge in [0.2, 0.25) is 0 Å². The third-order valence-electron chi connectivity index (χ3n) is 10.4. The van der Waals surface area contributed by atoms with Gasteiger partial charge in [0.1, 0.15) is 0 Å². The molecule has 0 heterocycles. The largest absolute Gasteiger partial charge is 0.0679 e. The number of hydrogen-bond donors (Lipinski definition) is 0. The van der Waals surface area contributed by atoms with Gasteiger partial charge in [0.15, 0.2) is 0 Å². The van der Waals surface area contributed by atoms with Gasteiger partial charge in [-0.05, 0) is 123 Å². The highest BCUT2D eigenvalue weighted by atomic mass is 14.7. The summed E-state index contributed by atoms with van der Waals surface area (Å²) >= 11 is 0. The van der Waals surface area contributed by atoms with E-state index in [4.69, 9.17) is 0 Å². The van der Waals surface area contributed by atoms with Gasteiger partial charge in [0.05, 0.1) is 5.41 Å². The van der Waals surface area contributed by atoms with Gasteiger partial charge in [0.25, 0.3) is 0 Å². The Bertz CT molecular complexity index is 1780. The summed E-state index contributed by atoms with van der Waals surface area (Å²) in [6, 6.07) is 30.0. The van der Waals surface area contributed by atoms with Gasteiger partial charge in [-0.25, -0.2) is 0 Å². The molecule has 4 aromatic carbocycles. The van der Waals surface area contributed by atoms with Gasteiger partial charge in [0, 0.05) is 12.3 Å². The Kier molecular flexibility index (Phi) is 5.95. The third-order valence-corrected chi connectivity index (χ3v) is 10.4. The molecular weight excluding hydrogens is 504 g/mol. The standard InChI is InChI=1S/C42H43/c1-24(2)35-37(36-28(6)27(5)22-33-32-21-26(4)25(3)20-29(32)23-34(33)36)39-40(41(7,8)9)38(35)42(39,30-16-12-10-13-17-30)31-18-14-11-15-19-31/h10-24,35H,1-9H3. The van der Waals surface area contributed by atoms with Crippen LogP contribution in [0, 0.1) is 51.4 Å². The second-order valence-corrected chi connectivity index (χ2v) is 14.4. The minimum absolute atomic E-state index is 0.0500. The van der Waals surface area contributed by atoms with Crippen LogP contribution in [0.15, 0.2) is 95.6 Å². The topological polar surface area (TPSA) is 0 Å². The molecule has 4 aromatic rings. The van der Waals surface area contributed by atoms with Crippen molar-refractivity contribution in [3.8, 4) is 11.1 Å². The van der Waals surface area contributed by atoms with Crippen LogP contribution in [-0.4, -0.2) is 0 Å². The molecule has 1 atom stereocenters. The minimum Gasteiger partial charge on any atom is -0.0622 e. The molecule has 211 valence electrons. The highest BCUT2D eigenvalue weighted by Crippen LogP contribution is 2.73. The Morgan fingerprint density at radius 2 is 1.24 bits per heavy atom. The first kappa shape index (κ1) is 27.2. The Labute approximate surface area is 253 Å². The maximum Gasteiger partial charge on any atom is 0.0679 e. The zero-order valence-electron chi connectivity index (χ0n) is 26.7. The summed E-state index contributed by atoms with van der Waals surface area (Å²) in [5.41, 5.74) is 21.6. The van der Waals surface area contributed by atoms with Crippen LogP contribution in [0.3, 0.4) is 0 Å². The van der Waals surface area contributed by atoms with Crippen molar-refractivity contribution in [1.29, 1.82) is 0 Å². The van der Waals surface area contributed by atoms with Crippen LogP contribution in [0.1, 0.15) is 84.7 Å². The molecule has 42 heavy (non-hydrogen) atoms. The van der Waals surface area contributed by atoms with E-state index >= 15 is 0 Å². The molecule has 0 aromatic heterocycles. The van der Waals surface area contributed by atoms with Gasteiger partial charge in [-0.3, -0.25) is 0 Å². The second kappa shape index (κ2) is 9.18. The van der Waals surface area contributed by atoms with E-state index in [1.54, 1.807) is 22.3 Å². The number of hydrogen-bond acceptors (Lipinski definition) is 0. The first-order chi connectivity index (χ1) is 20.0. The number of aryl methyl sites for hydroxylation is 3. The summed E-state index contributed by atoms with van der Waals surface area (Å²) in [5.74, 6) is 0.836. The molecule has 0 fully saturated rings. The van der Waals surface area contributed by atoms with E-state index in [0.717, 1.165) is 0 Å². The van der Waals surface area contributed by atoms with E-state index in [-0.39, 0.29) is 10.8 Å². The highest BCUT2D eigenvalue weighted by molar-refractivity contribution is 6.00. The van der Waals surface area contributed by atoms with Crippen LogP contribution in [0.5, 0.6) is 0 Å². The summed E-state index contributed by atoms with van der Waals surface area (Å²) in [6.07, 6.45) is 2.49. The lowest BCUT2D eigenvalue weighted by atomic mass is 9.51. The zero-order chi connectivity index (χ0) is 29.7. The molecule has 0 aliphatic heterocycles. The lowest BCUT2D eigenvalue weighted by Gasteiger charge is -2.51. The van der Waals surface area contributed by atoms with Crippen molar-refractivity contribution in [3.05, 3.63) is 152 Å². The molecule has 1 unspecified atom stereocenters. The molecule has 8 rings (SSSR count). The van der Waals surface area contributed by atoms with Crippen molar-refractivity contribution in [2.45, 2.75) is 67.7 Å². The van der Waals surface area contributed by atoms with E-state index in [2.05, 4.69) is 148 Å². The molecule has 0 heteroatoms. The van der Waals surface area contributed by atoms with Crippen molar-refractivity contribution in [2.24, 2.45) is 17.3 Å². The molecule has 2 bridgehead atoms. The lowest BCUT2D eigenvalue weighted by Crippen LogP contribution is -2.43. The average molecular weight is 548 g/mol. The van der Waals surface area contributed by atoms with Crippen molar-refractivity contribution in [3.63, 3.8) is 0 Å². The average Bonchev–Trinajstić information content (AvgIpc) is 3.58. The van der Waals surface area contributed by atoms with Crippen LogP contribution >= 0.6 is 0 Å². The van der Waals surface area contributed by atoms with Crippen LogP contribution < -0.4 is 0 Å². The SMILES string of the molecule is Cc1cc2c(cc1C)-c1cc(C)c(C)c(C3=C4C(C(C)(C)C)=C(C3C(C)C)C4(c3ccccc3)c3ccccc3)c1[CH]2. The molecule has 0 N–H and O–H groups in total. The Morgan fingerprint density at radius 3 is 1.79 bits per heavy atom. The normalized spacial score (nSPS) is 18.5. The molecule has 4 aliphatic rings. The molecule has 0 nitrogen and oxygen atoms in total. The van der Waals surface area contributed by atoms with Crippen molar-refractivity contribution < 1.29 is 0 Å². The van der Waals surface area contributed by atoms with Crippen LogP contribution in [0.2, 0.25) is 0 Å². The predicted molar refractivity (Wildman–Crippen MR) is 179 cm³/mol. The fraction of sp³-hybridized carbons (Fsp3) is 0.310. The smallest absolute Gasteiger partial charge is 0.0622 e. The van der Waals surface area contributed by atoms with Crippen molar-refractivity contribution >= 4 is 5.57 Å². The van der Waals surface area contributed by atoms with Crippen molar-refractivity contribution in [2.75, 3.05) is 0 Å². The Morgan fingerprint density at radius 1 is 0.690 bits per heavy atom. The number of benzene rings is 4. The molecule has 0 saturated heterocycles. The van der Waals surface area contributed by atoms with Gasteiger partial charge >= 0.3 is 0 Å². The van der Waals surface area contributed by atoms with E-state index in [9.17, 15) is 0 Å². The molecular formula is C42H43. The molecule has 0 spiro atoms. The first-order valence-corrected chi connectivity index (χ1v) is 15.7. The van der Waals surface area contributed by atoms with E-state index in [1.807, 2.05) is 0 Å². The fourth-order valence-electron chi connectivity index (χ4n) is 8.48. The van der Waals surface area contributed by atoms with Crippen molar-refractivity contribution in [1.82, 2.24) is 0 Å². The van der Waals surface area contributed by atoms with Gasteiger partial charge < -0.3 is 0 Å². The van der Waals surface area contributed by atoms with E-state index < -0.39 is 0 Å². The monoisotopic (exact) mass is 547 g/mol. The van der Waals surface area contributed by atoms with E-state index in [0.29, 0.717) is 11.8 Å². The molecule has 4 aliphatic carbocycles. The summed E-state index contributed by atoms with van der Waals surface area (Å²) in [4.78, 5) is 0. The maximum atomic E-state index is 2.49. The lowest BCUT2D eigenvalue weighted by molar-refractivity contribution is 0.424. The fourth-order valence-corrected chi connectivity index (χ4v) is 8.48. The zero-order valence-corrected chi connectivity index (χ0v) is 26.7. The summed E-state index contributed by atoms with van der Waals surface area (Å²) in [7, 11) is 0. The summed E-state index contributed by atoms with van der Waals surface area (Å²) in [6.45, 7) is 21.3. The highest BCUT2D eigenvalue weighted by Gasteiger charge is 2.64. The number of allylic oxidation sites excluding steroid dienone is 4. The van der Waals surface area contributed by atoms with Gasteiger partial charge in [-0.2, -0.15) is 0 Å². The van der Waals surface area contributed by atoms with Gasteiger partial charge in [-0.15, -0.1) is 0 Å². The first-order valence-electron chi connectivity index (χ1n) is 15.7. The number of fused-ring (bicyclic) bond motifs is 4. The van der Waals surface area contributed by atoms with Gasteiger partial charge in [-0.1, -0.05) is 113 Å². The minimum atomic E-state index is -0.225. The number of rotatable bonds is 4. The quantitative estimate of drug-likeness (QED) is 0.210.